The third-order valence-corrected chi connectivity index (χ3v) is 3.37. The molecule has 3 nitrogen and oxygen atoms in total. The SMILES string of the molecule is CN(C)c1ccc(CNCc2ccc(CN)cc2)cc1. The van der Waals surface area contributed by atoms with Gasteiger partial charge in [0.2, 0.25) is 0 Å². The monoisotopic (exact) mass is 269 g/mol. The van der Waals surface area contributed by atoms with Crippen molar-refractivity contribution in [2.45, 2.75) is 19.6 Å². The van der Waals surface area contributed by atoms with Crippen molar-refractivity contribution in [1.82, 2.24) is 5.32 Å². The van der Waals surface area contributed by atoms with Crippen molar-refractivity contribution in [3.63, 3.8) is 0 Å². The largest absolute Gasteiger partial charge is 0.378 e. The number of hydrogen-bond acceptors (Lipinski definition) is 3. The number of nitrogens with two attached hydrogens (primary N) is 1. The fourth-order valence-electron chi connectivity index (χ4n) is 2.06. The highest BCUT2D eigenvalue weighted by Gasteiger charge is 1.97. The van der Waals surface area contributed by atoms with Crippen LogP contribution in [0, 0.1) is 0 Å². The summed E-state index contributed by atoms with van der Waals surface area (Å²) in [5, 5.41) is 3.46. The lowest BCUT2D eigenvalue weighted by Gasteiger charge is -2.13. The molecule has 20 heavy (non-hydrogen) atoms. The van der Waals surface area contributed by atoms with Crippen LogP contribution in [0.3, 0.4) is 0 Å². The van der Waals surface area contributed by atoms with Gasteiger partial charge < -0.3 is 16.0 Å². The number of rotatable bonds is 6. The molecule has 0 aliphatic heterocycles. The second kappa shape index (κ2) is 7.08. The van der Waals surface area contributed by atoms with Gasteiger partial charge >= 0.3 is 0 Å². The van der Waals surface area contributed by atoms with Crippen LogP contribution in [0.4, 0.5) is 5.69 Å². The zero-order valence-electron chi connectivity index (χ0n) is 12.3. The molecule has 0 fully saturated rings. The van der Waals surface area contributed by atoms with Crippen LogP contribution in [0.1, 0.15) is 16.7 Å². The minimum atomic E-state index is 0.603. The summed E-state index contributed by atoms with van der Waals surface area (Å²) in [5.74, 6) is 0. The Hall–Kier alpha value is -1.84. The van der Waals surface area contributed by atoms with Gasteiger partial charge in [-0.3, -0.25) is 0 Å². The minimum Gasteiger partial charge on any atom is -0.378 e. The van der Waals surface area contributed by atoms with Gasteiger partial charge in [-0.15, -0.1) is 0 Å². The van der Waals surface area contributed by atoms with Crippen LogP contribution in [0.15, 0.2) is 48.5 Å². The lowest BCUT2D eigenvalue weighted by Crippen LogP contribution is -2.13. The van der Waals surface area contributed by atoms with Crippen molar-refractivity contribution in [2.75, 3.05) is 19.0 Å². The standard InChI is InChI=1S/C17H23N3/c1-20(2)17-9-7-16(8-10-17)13-19-12-15-5-3-14(11-18)4-6-15/h3-10,19H,11-13,18H2,1-2H3. The molecular weight excluding hydrogens is 246 g/mol. The molecule has 106 valence electrons. The van der Waals surface area contributed by atoms with E-state index in [0.29, 0.717) is 6.54 Å². The Morgan fingerprint density at radius 3 is 1.70 bits per heavy atom. The predicted octanol–water partition coefficient (Wildman–Crippen LogP) is 2.50. The molecule has 0 spiro atoms. The Labute approximate surface area is 121 Å². The molecule has 0 amide bonds. The number of nitrogens with zero attached hydrogens (tertiary/aromatic N) is 1. The molecule has 0 aliphatic carbocycles. The molecule has 2 rings (SSSR count). The van der Waals surface area contributed by atoms with E-state index in [1.807, 2.05) is 0 Å². The molecule has 0 atom stereocenters. The molecule has 0 radical (unpaired) electrons. The first-order valence-electron chi connectivity index (χ1n) is 6.94. The first-order chi connectivity index (χ1) is 9.69. The van der Waals surface area contributed by atoms with Crippen LogP contribution in [0.5, 0.6) is 0 Å². The zero-order chi connectivity index (χ0) is 14.4. The summed E-state index contributed by atoms with van der Waals surface area (Å²) in [6.07, 6.45) is 0. The van der Waals surface area contributed by atoms with Gasteiger partial charge in [-0.05, 0) is 28.8 Å². The van der Waals surface area contributed by atoms with E-state index in [2.05, 4.69) is 72.8 Å². The van der Waals surface area contributed by atoms with Crippen LogP contribution >= 0.6 is 0 Å². The Bertz CT molecular complexity index is 515. The van der Waals surface area contributed by atoms with E-state index in [-0.39, 0.29) is 0 Å². The van der Waals surface area contributed by atoms with Crippen molar-refractivity contribution in [2.24, 2.45) is 5.73 Å². The number of hydrogen-bond donors (Lipinski definition) is 2. The van der Waals surface area contributed by atoms with Crippen molar-refractivity contribution in [1.29, 1.82) is 0 Å². The molecule has 0 heterocycles. The highest BCUT2D eigenvalue weighted by Crippen LogP contribution is 2.12. The fraction of sp³-hybridized carbons (Fsp3) is 0.294. The van der Waals surface area contributed by atoms with E-state index in [4.69, 9.17) is 5.73 Å². The van der Waals surface area contributed by atoms with E-state index in [1.165, 1.54) is 22.4 Å². The van der Waals surface area contributed by atoms with Gasteiger partial charge in [-0.2, -0.15) is 0 Å². The lowest BCUT2D eigenvalue weighted by atomic mass is 10.1. The van der Waals surface area contributed by atoms with E-state index in [0.717, 1.165) is 13.1 Å². The average Bonchev–Trinajstić information content (AvgIpc) is 2.48. The van der Waals surface area contributed by atoms with E-state index >= 15 is 0 Å². The predicted molar refractivity (Wildman–Crippen MR) is 85.6 cm³/mol. The first-order valence-corrected chi connectivity index (χ1v) is 6.94. The lowest BCUT2D eigenvalue weighted by molar-refractivity contribution is 0.693. The van der Waals surface area contributed by atoms with Crippen molar-refractivity contribution < 1.29 is 0 Å². The highest BCUT2D eigenvalue weighted by molar-refractivity contribution is 5.45. The molecule has 0 aliphatic rings. The molecule has 0 aromatic heterocycles. The van der Waals surface area contributed by atoms with E-state index in [1.54, 1.807) is 0 Å². The summed E-state index contributed by atoms with van der Waals surface area (Å²) >= 11 is 0. The summed E-state index contributed by atoms with van der Waals surface area (Å²) in [4.78, 5) is 2.11. The molecule has 3 heteroatoms. The van der Waals surface area contributed by atoms with Gasteiger partial charge in [0.15, 0.2) is 0 Å². The van der Waals surface area contributed by atoms with Crippen LogP contribution < -0.4 is 16.0 Å². The fourth-order valence-corrected chi connectivity index (χ4v) is 2.06. The van der Waals surface area contributed by atoms with Gasteiger partial charge in [-0.1, -0.05) is 36.4 Å². The first kappa shape index (κ1) is 14.6. The van der Waals surface area contributed by atoms with Gasteiger partial charge in [0.05, 0.1) is 0 Å². The molecule has 0 unspecified atom stereocenters. The van der Waals surface area contributed by atoms with Gasteiger partial charge in [0.1, 0.15) is 0 Å². The van der Waals surface area contributed by atoms with Gasteiger partial charge in [-0.25, -0.2) is 0 Å². The Balaban J connectivity index is 1.82. The summed E-state index contributed by atoms with van der Waals surface area (Å²) in [6, 6.07) is 17.1. The maximum Gasteiger partial charge on any atom is 0.0361 e. The molecule has 0 saturated heterocycles. The Morgan fingerprint density at radius 1 is 0.800 bits per heavy atom. The summed E-state index contributed by atoms with van der Waals surface area (Å²) in [7, 11) is 4.11. The van der Waals surface area contributed by atoms with Crippen molar-refractivity contribution in [3.8, 4) is 0 Å². The molecule has 0 saturated carbocycles. The second-order valence-corrected chi connectivity index (χ2v) is 5.19. The van der Waals surface area contributed by atoms with Crippen LogP contribution in [-0.2, 0) is 19.6 Å². The van der Waals surface area contributed by atoms with Crippen molar-refractivity contribution >= 4 is 5.69 Å². The Morgan fingerprint density at radius 2 is 1.25 bits per heavy atom. The van der Waals surface area contributed by atoms with Crippen molar-refractivity contribution in [3.05, 3.63) is 65.2 Å². The van der Waals surface area contributed by atoms with E-state index in [9.17, 15) is 0 Å². The summed E-state index contributed by atoms with van der Waals surface area (Å²) < 4.78 is 0. The molecule has 3 N–H and O–H groups in total. The third-order valence-electron chi connectivity index (χ3n) is 3.37. The molecular formula is C17H23N3. The van der Waals surface area contributed by atoms with E-state index < -0.39 is 0 Å². The maximum atomic E-state index is 5.59. The van der Waals surface area contributed by atoms with Crippen LogP contribution in [-0.4, -0.2) is 14.1 Å². The summed E-state index contributed by atoms with van der Waals surface area (Å²) in [6.45, 7) is 2.36. The van der Waals surface area contributed by atoms with Crippen LogP contribution in [0.25, 0.3) is 0 Å². The topological polar surface area (TPSA) is 41.3 Å². The molecule has 0 bridgehead atoms. The number of nitrogens with one attached hydrogen (secondary N) is 1. The molecule has 2 aromatic rings. The van der Waals surface area contributed by atoms with Gasteiger partial charge in [0, 0.05) is 39.4 Å². The zero-order valence-corrected chi connectivity index (χ0v) is 12.3. The highest BCUT2D eigenvalue weighted by atomic mass is 15.1. The Kier molecular flexibility index (Phi) is 5.16. The smallest absolute Gasteiger partial charge is 0.0361 e. The second-order valence-electron chi connectivity index (χ2n) is 5.19. The number of anilines is 1. The average molecular weight is 269 g/mol. The number of benzene rings is 2. The normalized spacial score (nSPS) is 10.6. The summed E-state index contributed by atoms with van der Waals surface area (Å²) in [5.41, 5.74) is 10.6. The quantitative estimate of drug-likeness (QED) is 0.846. The van der Waals surface area contributed by atoms with Gasteiger partial charge in [0.25, 0.3) is 0 Å². The third kappa shape index (κ3) is 4.08. The molecule has 2 aromatic carbocycles. The minimum absolute atomic E-state index is 0.603. The van der Waals surface area contributed by atoms with Crippen LogP contribution in [0.2, 0.25) is 0 Å². The maximum absolute atomic E-state index is 5.59.